The number of ether oxygens (including phenoxy) is 1. The van der Waals surface area contributed by atoms with Gasteiger partial charge in [-0.1, -0.05) is 18.2 Å². The molecular formula is C21H23FN2O3. The van der Waals surface area contributed by atoms with E-state index in [1.807, 2.05) is 0 Å². The van der Waals surface area contributed by atoms with Gasteiger partial charge in [-0.3, -0.25) is 9.59 Å². The predicted molar refractivity (Wildman–Crippen MR) is 100 cm³/mol. The van der Waals surface area contributed by atoms with Crippen molar-refractivity contribution in [2.45, 2.75) is 12.8 Å². The van der Waals surface area contributed by atoms with Crippen molar-refractivity contribution >= 4 is 11.8 Å². The lowest BCUT2D eigenvalue weighted by molar-refractivity contribution is -0.130. The van der Waals surface area contributed by atoms with Crippen LogP contribution in [0.25, 0.3) is 0 Å². The molecule has 0 aromatic heterocycles. The predicted octanol–water partition coefficient (Wildman–Crippen LogP) is 2.75. The van der Waals surface area contributed by atoms with E-state index in [2.05, 4.69) is 0 Å². The number of carbonyl (C=O) groups excluding carboxylic acids is 2. The van der Waals surface area contributed by atoms with Crippen molar-refractivity contribution in [3.63, 3.8) is 0 Å². The topological polar surface area (TPSA) is 49.9 Å². The van der Waals surface area contributed by atoms with Crippen LogP contribution in [-0.4, -0.2) is 54.9 Å². The monoisotopic (exact) mass is 370 g/mol. The number of halogens is 1. The smallest absolute Gasteiger partial charge is 0.254 e. The van der Waals surface area contributed by atoms with Gasteiger partial charge in [-0.25, -0.2) is 4.39 Å². The first-order valence-corrected chi connectivity index (χ1v) is 9.02. The van der Waals surface area contributed by atoms with Gasteiger partial charge in [0.05, 0.1) is 13.5 Å². The van der Waals surface area contributed by atoms with Gasteiger partial charge in [0.25, 0.3) is 5.91 Å². The van der Waals surface area contributed by atoms with Crippen molar-refractivity contribution in [2.75, 3.05) is 33.3 Å². The Morgan fingerprint density at radius 2 is 1.74 bits per heavy atom. The molecule has 142 valence electrons. The van der Waals surface area contributed by atoms with Crippen LogP contribution in [0.4, 0.5) is 4.39 Å². The summed E-state index contributed by atoms with van der Waals surface area (Å²) in [4.78, 5) is 28.8. The summed E-state index contributed by atoms with van der Waals surface area (Å²) in [6, 6.07) is 13.2. The second-order valence-corrected chi connectivity index (χ2v) is 6.57. The Balaban J connectivity index is 1.61. The molecule has 5 nitrogen and oxygen atoms in total. The van der Waals surface area contributed by atoms with Crippen molar-refractivity contribution in [2.24, 2.45) is 0 Å². The summed E-state index contributed by atoms with van der Waals surface area (Å²) in [7, 11) is 1.57. The fraction of sp³-hybridized carbons (Fsp3) is 0.333. The molecule has 0 aliphatic carbocycles. The van der Waals surface area contributed by atoms with E-state index < -0.39 is 0 Å². The molecule has 0 spiro atoms. The van der Waals surface area contributed by atoms with Crippen LogP contribution in [0.15, 0.2) is 48.5 Å². The zero-order valence-electron chi connectivity index (χ0n) is 15.4. The van der Waals surface area contributed by atoms with Crippen molar-refractivity contribution < 1.29 is 18.7 Å². The Morgan fingerprint density at radius 1 is 1.00 bits per heavy atom. The number of benzene rings is 2. The first-order valence-electron chi connectivity index (χ1n) is 9.02. The second kappa shape index (κ2) is 8.66. The molecule has 1 saturated heterocycles. The van der Waals surface area contributed by atoms with E-state index in [4.69, 9.17) is 4.74 Å². The van der Waals surface area contributed by atoms with Crippen LogP contribution in [0.1, 0.15) is 22.3 Å². The molecule has 27 heavy (non-hydrogen) atoms. The third-order valence-corrected chi connectivity index (χ3v) is 4.70. The average Bonchev–Trinajstić information content (AvgIpc) is 2.94. The molecule has 1 aliphatic rings. The summed E-state index contributed by atoms with van der Waals surface area (Å²) in [5, 5.41) is 0. The highest BCUT2D eigenvalue weighted by atomic mass is 19.1. The second-order valence-electron chi connectivity index (χ2n) is 6.57. The van der Waals surface area contributed by atoms with E-state index in [0.29, 0.717) is 49.5 Å². The van der Waals surface area contributed by atoms with Crippen molar-refractivity contribution in [3.05, 3.63) is 65.5 Å². The number of hydrogen-bond donors (Lipinski definition) is 0. The summed E-state index contributed by atoms with van der Waals surface area (Å²) >= 11 is 0. The van der Waals surface area contributed by atoms with Gasteiger partial charge in [-0.15, -0.1) is 0 Å². The quantitative estimate of drug-likeness (QED) is 0.832. The Bertz CT molecular complexity index is 825. The molecule has 2 amide bonds. The number of nitrogens with zero attached hydrogens (tertiary/aromatic N) is 2. The molecular weight excluding hydrogens is 347 g/mol. The molecule has 0 atom stereocenters. The van der Waals surface area contributed by atoms with Gasteiger partial charge >= 0.3 is 0 Å². The first kappa shape index (κ1) is 18.9. The van der Waals surface area contributed by atoms with E-state index in [1.165, 1.54) is 12.1 Å². The van der Waals surface area contributed by atoms with E-state index in [-0.39, 0.29) is 24.1 Å². The van der Waals surface area contributed by atoms with Gasteiger partial charge in [-0.05, 0) is 42.3 Å². The molecule has 1 fully saturated rings. The summed E-state index contributed by atoms with van der Waals surface area (Å²) in [6.45, 7) is 2.14. The third kappa shape index (κ3) is 4.84. The highest BCUT2D eigenvalue weighted by Crippen LogP contribution is 2.16. The van der Waals surface area contributed by atoms with E-state index in [1.54, 1.807) is 53.3 Å². The van der Waals surface area contributed by atoms with Crippen LogP contribution in [-0.2, 0) is 11.2 Å². The van der Waals surface area contributed by atoms with E-state index in [9.17, 15) is 14.0 Å². The Hall–Kier alpha value is -2.89. The standard InChI is InChI=1S/C21H23FN2O3/c1-27-19-8-3-6-17(15-19)21(26)24-10-4-9-23(11-12-24)20(25)14-16-5-2-7-18(22)13-16/h2-3,5-8,13,15H,4,9-12,14H2,1H3. The van der Waals surface area contributed by atoms with Gasteiger partial charge in [-0.2, -0.15) is 0 Å². The Kier molecular flexibility index (Phi) is 6.06. The van der Waals surface area contributed by atoms with Crippen LogP contribution < -0.4 is 4.74 Å². The zero-order chi connectivity index (χ0) is 19.2. The molecule has 3 rings (SSSR count). The summed E-state index contributed by atoms with van der Waals surface area (Å²) in [5.74, 6) is 0.193. The summed E-state index contributed by atoms with van der Waals surface area (Å²) < 4.78 is 18.5. The minimum atomic E-state index is -0.341. The van der Waals surface area contributed by atoms with Gasteiger partial charge in [0.15, 0.2) is 0 Å². The Labute approximate surface area is 158 Å². The number of hydrogen-bond acceptors (Lipinski definition) is 3. The summed E-state index contributed by atoms with van der Waals surface area (Å²) in [5.41, 5.74) is 1.24. The molecule has 0 unspecified atom stereocenters. The first-order chi connectivity index (χ1) is 13.1. The zero-order valence-corrected chi connectivity index (χ0v) is 15.4. The molecule has 2 aromatic carbocycles. The van der Waals surface area contributed by atoms with Crippen LogP contribution in [0.5, 0.6) is 5.75 Å². The van der Waals surface area contributed by atoms with Crippen LogP contribution in [0.2, 0.25) is 0 Å². The highest BCUT2D eigenvalue weighted by Gasteiger charge is 2.23. The lowest BCUT2D eigenvalue weighted by atomic mass is 10.1. The van der Waals surface area contributed by atoms with Gasteiger partial charge in [0.2, 0.25) is 5.91 Å². The van der Waals surface area contributed by atoms with E-state index in [0.717, 1.165) is 0 Å². The third-order valence-electron chi connectivity index (χ3n) is 4.70. The molecule has 1 aliphatic heterocycles. The lowest BCUT2D eigenvalue weighted by Gasteiger charge is -2.22. The molecule has 0 saturated carbocycles. The lowest BCUT2D eigenvalue weighted by Crippen LogP contribution is -2.38. The van der Waals surface area contributed by atoms with Crippen molar-refractivity contribution in [3.8, 4) is 5.75 Å². The molecule has 2 aromatic rings. The number of amides is 2. The van der Waals surface area contributed by atoms with E-state index >= 15 is 0 Å². The van der Waals surface area contributed by atoms with Crippen molar-refractivity contribution in [1.82, 2.24) is 9.80 Å². The minimum Gasteiger partial charge on any atom is -0.497 e. The summed E-state index contributed by atoms with van der Waals surface area (Å²) in [6.07, 6.45) is 0.881. The minimum absolute atomic E-state index is 0.0451. The molecule has 6 heteroatoms. The fourth-order valence-corrected chi connectivity index (χ4v) is 3.24. The van der Waals surface area contributed by atoms with Gasteiger partial charge in [0.1, 0.15) is 11.6 Å². The number of methoxy groups -OCH3 is 1. The van der Waals surface area contributed by atoms with Gasteiger partial charge in [0, 0.05) is 31.7 Å². The average molecular weight is 370 g/mol. The maximum atomic E-state index is 13.3. The van der Waals surface area contributed by atoms with Crippen LogP contribution in [0, 0.1) is 5.82 Å². The largest absolute Gasteiger partial charge is 0.497 e. The Morgan fingerprint density at radius 3 is 2.52 bits per heavy atom. The SMILES string of the molecule is COc1cccc(C(=O)N2CCCN(C(=O)Cc3cccc(F)c3)CC2)c1. The normalized spacial score (nSPS) is 14.6. The highest BCUT2D eigenvalue weighted by molar-refractivity contribution is 5.94. The fourth-order valence-electron chi connectivity index (χ4n) is 3.24. The molecule has 0 radical (unpaired) electrons. The maximum absolute atomic E-state index is 13.3. The number of rotatable bonds is 4. The van der Waals surface area contributed by atoms with Gasteiger partial charge < -0.3 is 14.5 Å². The molecule has 0 bridgehead atoms. The number of carbonyl (C=O) groups is 2. The van der Waals surface area contributed by atoms with Crippen molar-refractivity contribution in [1.29, 1.82) is 0 Å². The maximum Gasteiger partial charge on any atom is 0.254 e. The van der Waals surface area contributed by atoms with Crippen LogP contribution >= 0.6 is 0 Å². The van der Waals surface area contributed by atoms with Crippen LogP contribution in [0.3, 0.4) is 0 Å². The molecule has 0 N–H and O–H groups in total. The molecule has 1 heterocycles.